The van der Waals surface area contributed by atoms with E-state index in [1.807, 2.05) is 24.3 Å². The van der Waals surface area contributed by atoms with Gasteiger partial charge in [0, 0.05) is 13.7 Å². The number of benzene rings is 2. The Kier molecular flexibility index (Phi) is 7.65. The Hall–Kier alpha value is -1.04. The SMILES string of the molecule is COC[C@H]([N-][C@@H](C)c1ccccc1)c1ccccc1.[Li+]. The molecule has 20 heavy (non-hydrogen) atoms. The molecule has 0 fully saturated rings. The van der Waals surface area contributed by atoms with Crippen LogP contribution in [0.1, 0.15) is 30.1 Å². The summed E-state index contributed by atoms with van der Waals surface area (Å²) >= 11 is 0. The number of nitrogens with zero attached hydrogens (tertiary/aromatic N) is 1. The fourth-order valence-corrected chi connectivity index (χ4v) is 2.15. The number of methoxy groups -OCH3 is 1. The first-order valence-electron chi connectivity index (χ1n) is 6.60. The predicted octanol–water partition coefficient (Wildman–Crippen LogP) is 1.51. The summed E-state index contributed by atoms with van der Waals surface area (Å²) in [6.07, 6.45) is 0. The van der Waals surface area contributed by atoms with E-state index in [2.05, 4.69) is 43.3 Å². The molecule has 0 unspecified atom stereocenters. The van der Waals surface area contributed by atoms with Gasteiger partial charge in [0.25, 0.3) is 0 Å². The normalized spacial score (nSPS) is 13.3. The molecule has 100 valence electrons. The van der Waals surface area contributed by atoms with Crippen LogP contribution in [0.25, 0.3) is 5.32 Å². The van der Waals surface area contributed by atoms with Crippen molar-refractivity contribution in [1.82, 2.24) is 0 Å². The first-order chi connectivity index (χ1) is 9.31. The van der Waals surface area contributed by atoms with Crippen LogP contribution in [0.5, 0.6) is 0 Å². The molecule has 2 aromatic rings. The Balaban J connectivity index is 0.00000200. The standard InChI is InChI=1S/C17H20NO.Li/c1-14(15-9-5-3-6-10-15)18-17(13-19-2)16-11-7-4-8-12-16;/h3-12,14,17H,13H2,1-2H3;/q-1;+1/t14-,17-;/m0./s1. The van der Waals surface area contributed by atoms with Crippen LogP contribution >= 0.6 is 0 Å². The quantitative estimate of drug-likeness (QED) is 0.723. The van der Waals surface area contributed by atoms with Crippen molar-refractivity contribution in [2.24, 2.45) is 0 Å². The van der Waals surface area contributed by atoms with E-state index in [9.17, 15) is 0 Å². The van der Waals surface area contributed by atoms with Crippen molar-refractivity contribution in [2.75, 3.05) is 13.7 Å². The van der Waals surface area contributed by atoms with Gasteiger partial charge in [0.1, 0.15) is 0 Å². The first kappa shape index (κ1) is 17.0. The number of rotatable bonds is 6. The smallest absolute Gasteiger partial charge is 0.648 e. The third-order valence-electron chi connectivity index (χ3n) is 3.19. The van der Waals surface area contributed by atoms with Gasteiger partial charge in [0.15, 0.2) is 0 Å². The summed E-state index contributed by atoms with van der Waals surface area (Å²) < 4.78 is 5.30. The van der Waals surface area contributed by atoms with Gasteiger partial charge in [0.05, 0.1) is 0 Å². The molecular formula is C17H20LiNO. The fraction of sp³-hybridized carbons (Fsp3) is 0.294. The van der Waals surface area contributed by atoms with Crippen molar-refractivity contribution in [3.63, 3.8) is 0 Å². The van der Waals surface area contributed by atoms with Gasteiger partial charge in [-0.3, -0.25) is 0 Å². The molecule has 0 heterocycles. The van der Waals surface area contributed by atoms with Crippen molar-refractivity contribution in [2.45, 2.75) is 19.0 Å². The van der Waals surface area contributed by atoms with E-state index in [1.165, 1.54) is 11.1 Å². The number of hydrogen-bond acceptors (Lipinski definition) is 1. The third-order valence-corrected chi connectivity index (χ3v) is 3.19. The Morgan fingerprint density at radius 3 is 1.90 bits per heavy atom. The Morgan fingerprint density at radius 1 is 0.900 bits per heavy atom. The van der Waals surface area contributed by atoms with Crippen LogP contribution in [0.3, 0.4) is 0 Å². The fourth-order valence-electron chi connectivity index (χ4n) is 2.15. The van der Waals surface area contributed by atoms with Crippen molar-refractivity contribution in [3.8, 4) is 0 Å². The number of hydrogen-bond donors (Lipinski definition) is 0. The zero-order valence-corrected chi connectivity index (χ0v) is 12.5. The Labute approximate surface area is 133 Å². The Bertz CT molecular complexity index is 475. The summed E-state index contributed by atoms with van der Waals surface area (Å²) in [5, 5.41) is 4.88. The molecule has 0 saturated heterocycles. The summed E-state index contributed by atoms with van der Waals surface area (Å²) in [4.78, 5) is 0. The first-order valence-corrected chi connectivity index (χ1v) is 6.60. The molecule has 3 heteroatoms. The van der Waals surface area contributed by atoms with Crippen LogP contribution in [0, 0.1) is 0 Å². The van der Waals surface area contributed by atoms with E-state index in [-0.39, 0.29) is 30.9 Å². The maximum Gasteiger partial charge on any atom is 1.00 e. The molecule has 2 atom stereocenters. The molecule has 0 bridgehead atoms. The van der Waals surface area contributed by atoms with Crippen molar-refractivity contribution in [1.29, 1.82) is 0 Å². The van der Waals surface area contributed by atoms with Gasteiger partial charge < -0.3 is 10.1 Å². The molecule has 0 saturated carbocycles. The average Bonchev–Trinajstić information content (AvgIpc) is 2.48. The third kappa shape index (κ3) is 4.81. The van der Waals surface area contributed by atoms with E-state index in [0.29, 0.717) is 6.61 Å². The van der Waals surface area contributed by atoms with E-state index in [1.54, 1.807) is 7.11 Å². The zero-order chi connectivity index (χ0) is 13.5. The second-order valence-corrected chi connectivity index (χ2v) is 4.62. The zero-order valence-electron chi connectivity index (χ0n) is 12.5. The van der Waals surface area contributed by atoms with Crippen molar-refractivity contribution >= 4 is 0 Å². The minimum Gasteiger partial charge on any atom is -0.648 e. The van der Waals surface area contributed by atoms with Crippen LogP contribution in [0.15, 0.2) is 60.7 Å². The van der Waals surface area contributed by atoms with Crippen LogP contribution in [0.2, 0.25) is 0 Å². The van der Waals surface area contributed by atoms with Crippen LogP contribution in [0.4, 0.5) is 0 Å². The summed E-state index contributed by atoms with van der Waals surface area (Å²) in [5.74, 6) is 0. The topological polar surface area (TPSA) is 23.3 Å². The molecule has 0 radical (unpaired) electrons. The predicted molar refractivity (Wildman–Crippen MR) is 79.3 cm³/mol. The molecule has 2 rings (SSSR count). The minimum atomic E-state index is 0. The maximum atomic E-state index is 5.30. The van der Waals surface area contributed by atoms with Gasteiger partial charge in [-0.1, -0.05) is 84.8 Å². The summed E-state index contributed by atoms with van der Waals surface area (Å²) in [7, 11) is 1.72. The molecule has 2 nitrogen and oxygen atoms in total. The van der Waals surface area contributed by atoms with Crippen molar-refractivity contribution < 1.29 is 23.6 Å². The summed E-state index contributed by atoms with van der Waals surface area (Å²) in [6, 6.07) is 20.9. The van der Waals surface area contributed by atoms with E-state index >= 15 is 0 Å². The molecular weight excluding hydrogens is 241 g/mol. The summed E-state index contributed by atoms with van der Waals surface area (Å²) in [6.45, 7) is 2.74. The molecule has 0 aliphatic heterocycles. The molecule has 0 spiro atoms. The van der Waals surface area contributed by atoms with Gasteiger partial charge in [-0.25, -0.2) is 0 Å². The van der Waals surface area contributed by atoms with Crippen LogP contribution < -0.4 is 18.9 Å². The van der Waals surface area contributed by atoms with Gasteiger partial charge in [-0.2, -0.15) is 0 Å². The molecule has 0 N–H and O–H groups in total. The van der Waals surface area contributed by atoms with Gasteiger partial charge in [-0.05, 0) is 0 Å². The van der Waals surface area contributed by atoms with Crippen LogP contribution in [-0.2, 0) is 4.74 Å². The Morgan fingerprint density at radius 2 is 1.40 bits per heavy atom. The maximum absolute atomic E-state index is 5.30. The van der Waals surface area contributed by atoms with Gasteiger partial charge >= 0.3 is 18.9 Å². The minimum absolute atomic E-state index is 0. The molecule has 0 aliphatic carbocycles. The van der Waals surface area contributed by atoms with E-state index < -0.39 is 0 Å². The number of ether oxygens (including phenoxy) is 1. The second-order valence-electron chi connectivity index (χ2n) is 4.62. The van der Waals surface area contributed by atoms with E-state index in [4.69, 9.17) is 10.1 Å². The molecule has 0 amide bonds. The average molecular weight is 261 g/mol. The van der Waals surface area contributed by atoms with Gasteiger partial charge in [-0.15, -0.1) is 6.04 Å². The van der Waals surface area contributed by atoms with Crippen LogP contribution in [-0.4, -0.2) is 13.7 Å². The monoisotopic (exact) mass is 261 g/mol. The largest absolute Gasteiger partial charge is 1.00 e. The van der Waals surface area contributed by atoms with E-state index in [0.717, 1.165) is 0 Å². The second kappa shape index (κ2) is 9.00. The summed E-state index contributed by atoms with van der Waals surface area (Å²) in [5.41, 5.74) is 2.44. The molecule has 2 aromatic carbocycles. The van der Waals surface area contributed by atoms with Crippen molar-refractivity contribution in [3.05, 3.63) is 77.1 Å². The van der Waals surface area contributed by atoms with Gasteiger partial charge in [0.2, 0.25) is 0 Å². The molecule has 0 aliphatic rings. The molecule has 0 aromatic heterocycles.